The minimum Gasteiger partial charge on any atom is -0.383 e. The van der Waals surface area contributed by atoms with E-state index in [-0.39, 0.29) is 0 Å². The molecule has 4 bridgehead atoms. The number of nitrogens with zero attached hydrogens (tertiary/aromatic N) is 1. The molecule has 4 heteroatoms. The summed E-state index contributed by atoms with van der Waals surface area (Å²) in [5.74, 6) is 2.90. The van der Waals surface area contributed by atoms with E-state index in [4.69, 9.17) is 17.0 Å². The van der Waals surface area contributed by atoms with Crippen molar-refractivity contribution < 1.29 is 4.74 Å². The predicted octanol–water partition coefficient (Wildman–Crippen LogP) is 2.41. The number of methoxy groups -OCH3 is 1. The van der Waals surface area contributed by atoms with E-state index in [0.29, 0.717) is 5.54 Å². The van der Waals surface area contributed by atoms with Gasteiger partial charge >= 0.3 is 0 Å². The largest absolute Gasteiger partial charge is 0.383 e. The Morgan fingerprint density at radius 3 is 2.21 bits per heavy atom. The molecular formula is C15H26N2OS. The summed E-state index contributed by atoms with van der Waals surface area (Å²) in [4.78, 5) is 2.39. The zero-order valence-electron chi connectivity index (χ0n) is 12.2. The highest BCUT2D eigenvalue weighted by Gasteiger charge is 2.53. The van der Waals surface area contributed by atoms with Crippen LogP contribution in [-0.2, 0) is 4.74 Å². The first kappa shape index (κ1) is 13.6. The van der Waals surface area contributed by atoms with E-state index < -0.39 is 0 Å². The van der Waals surface area contributed by atoms with E-state index >= 15 is 0 Å². The molecule has 3 nitrogen and oxygen atoms in total. The van der Waals surface area contributed by atoms with Gasteiger partial charge in [0.25, 0.3) is 0 Å². The fourth-order valence-corrected chi connectivity index (χ4v) is 5.37. The Labute approximate surface area is 122 Å². The van der Waals surface area contributed by atoms with Crippen molar-refractivity contribution in [2.45, 2.75) is 44.1 Å². The van der Waals surface area contributed by atoms with Crippen molar-refractivity contribution in [1.29, 1.82) is 0 Å². The lowest BCUT2D eigenvalue weighted by Gasteiger charge is -2.60. The van der Waals surface area contributed by atoms with Gasteiger partial charge in [-0.25, -0.2) is 0 Å². The van der Waals surface area contributed by atoms with E-state index in [1.807, 2.05) is 0 Å². The van der Waals surface area contributed by atoms with Crippen molar-refractivity contribution in [2.75, 3.05) is 27.3 Å². The first-order chi connectivity index (χ1) is 9.13. The lowest BCUT2D eigenvalue weighted by molar-refractivity contribution is -0.0548. The summed E-state index contributed by atoms with van der Waals surface area (Å²) in [6, 6.07) is 0. The first-order valence-electron chi connectivity index (χ1n) is 7.63. The summed E-state index contributed by atoms with van der Waals surface area (Å²) in [6.07, 6.45) is 8.54. The van der Waals surface area contributed by atoms with E-state index in [2.05, 4.69) is 17.3 Å². The molecule has 0 radical (unpaired) electrons. The maximum absolute atomic E-state index is 5.58. The summed E-state index contributed by atoms with van der Waals surface area (Å²) in [5, 5.41) is 4.26. The van der Waals surface area contributed by atoms with Crippen molar-refractivity contribution in [3.8, 4) is 0 Å². The molecule has 0 aromatic carbocycles. The molecule has 0 amide bonds. The minimum absolute atomic E-state index is 0.367. The predicted molar refractivity (Wildman–Crippen MR) is 81.1 cm³/mol. The number of hydrogen-bond acceptors (Lipinski definition) is 2. The summed E-state index contributed by atoms with van der Waals surface area (Å²) in [6.45, 7) is 1.53. The Bertz CT molecular complexity index is 323. The van der Waals surface area contributed by atoms with Crippen LogP contribution in [0.25, 0.3) is 0 Å². The second-order valence-electron chi connectivity index (χ2n) is 6.93. The van der Waals surface area contributed by atoms with Crippen LogP contribution in [0.5, 0.6) is 0 Å². The van der Waals surface area contributed by atoms with Crippen LogP contribution in [0.4, 0.5) is 0 Å². The highest BCUT2D eigenvalue weighted by Crippen LogP contribution is 2.57. The van der Waals surface area contributed by atoms with Gasteiger partial charge in [-0.3, -0.25) is 0 Å². The van der Waals surface area contributed by atoms with Crippen LogP contribution in [0, 0.1) is 17.8 Å². The number of rotatable bonds is 4. The van der Waals surface area contributed by atoms with Gasteiger partial charge in [0.15, 0.2) is 5.11 Å². The molecule has 0 spiro atoms. The molecule has 4 aliphatic carbocycles. The molecule has 0 atom stereocenters. The van der Waals surface area contributed by atoms with Gasteiger partial charge in [-0.2, -0.15) is 0 Å². The van der Waals surface area contributed by atoms with Crippen molar-refractivity contribution in [3.63, 3.8) is 0 Å². The molecule has 4 aliphatic rings. The molecule has 4 saturated carbocycles. The molecule has 1 N–H and O–H groups in total. The summed E-state index contributed by atoms with van der Waals surface area (Å²) in [5.41, 5.74) is 0.367. The Morgan fingerprint density at radius 2 is 1.74 bits per heavy atom. The van der Waals surface area contributed by atoms with E-state index in [1.54, 1.807) is 7.11 Å². The Balaban J connectivity index is 1.65. The normalized spacial score (nSPS) is 39.4. The van der Waals surface area contributed by atoms with Gasteiger partial charge in [0.05, 0.1) is 6.61 Å². The highest BCUT2D eigenvalue weighted by molar-refractivity contribution is 7.80. The van der Waals surface area contributed by atoms with Crippen molar-refractivity contribution >= 4 is 17.3 Å². The third-order valence-corrected chi connectivity index (χ3v) is 6.02. The molecule has 0 unspecified atom stereocenters. The zero-order valence-corrected chi connectivity index (χ0v) is 13.0. The Hall–Kier alpha value is -0.350. The second-order valence-corrected chi connectivity index (χ2v) is 7.31. The van der Waals surface area contributed by atoms with Crippen LogP contribution in [0.15, 0.2) is 0 Å². The first-order valence-corrected chi connectivity index (χ1v) is 8.04. The van der Waals surface area contributed by atoms with Gasteiger partial charge in [-0.15, -0.1) is 0 Å². The number of nitrogens with one attached hydrogen (secondary N) is 1. The van der Waals surface area contributed by atoms with Gasteiger partial charge in [-0.1, -0.05) is 0 Å². The Morgan fingerprint density at radius 1 is 1.21 bits per heavy atom. The second kappa shape index (κ2) is 5.21. The van der Waals surface area contributed by atoms with E-state index in [0.717, 1.165) is 36.0 Å². The Kier molecular flexibility index (Phi) is 3.73. The highest BCUT2D eigenvalue weighted by atomic mass is 32.1. The van der Waals surface area contributed by atoms with Crippen molar-refractivity contribution in [1.82, 2.24) is 10.2 Å². The van der Waals surface area contributed by atoms with Gasteiger partial charge in [-0.05, 0) is 68.5 Å². The maximum atomic E-state index is 5.58. The fourth-order valence-electron chi connectivity index (χ4n) is 5.07. The van der Waals surface area contributed by atoms with Crippen LogP contribution >= 0.6 is 12.2 Å². The lowest BCUT2D eigenvalue weighted by Crippen LogP contribution is -2.61. The number of ether oxygens (including phenoxy) is 1. The molecular weight excluding hydrogens is 256 g/mol. The average molecular weight is 282 g/mol. The van der Waals surface area contributed by atoms with Gasteiger partial charge < -0.3 is 15.0 Å². The molecule has 108 valence electrons. The molecule has 0 saturated heterocycles. The summed E-state index contributed by atoms with van der Waals surface area (Å²) >= 11 is 5.58. The molecule has 4 fully saturated rings. The summed E-state index contributed by atoms with van der Waals surface area (Å²) in [7, 11) is 3.93. The van der Waals surface area contributed by atoms with Crippen molar-refractivity contribution in [2.24, 2.45) is 17.8 Å². The molecule has 0 aliphatic heterocycles. The topological polar surface area (TPSA) is 24.5 Å². The number of thiocarbonyl (C=S) groups is 1. The summed E-state index contributed by atoms with van der Waals surface area (Å²) < 4.78 is 5.08. The molecule has 0 aromatic heterocycles. The van der Waals surface area contributed by atoms with Crippen LogP contribution in [0.1, 0.15) is 38.5 Å². The number of hydrogen-bond donors (Lipinski definition) is 1. The molecule has 0 heterocycles. The smallest absolute Gasteiger partial charge is 0.169 e. The molecule has 19 heavy (non-hydrogen) atoms. The maximum Gasteiger partial charge on any atom is 0.169 e. The monoisotopic (exact) mass is 282 g/mol. The van der Waals surface area contributed by atoms with Crippen LogP contribution in [-0.4, -0.2) is 42.9 Å². The lowest BCUT2D eigenvalue weighted by atomic mass is 9.52. The zero-order chi connectivity index (χ0) is 13.5. The van der Waals surface area contributed by atoms with E-state index in [9.17, 15) is 0 Å². The molecule has 4 rings (SSSR count). The third-order valence-electron chi connectivity index (χ3n) is 5.60. The van der Waals surface area contributed by atoms with Crippen LogP contribution < -0.4 is 5.32 Å². The SMILES string of the molecule is COCCNC(=S)N(C)C12CC3CC(CC(C3)C1)C2. The fraction of sp³-hybridized carbons (Fsp3) is 0.933. The van der Waals surface area contributed by atoms with Gasteiger partial charge in [0.1, 0.15) is 0 Å². The van der Waals surface area contributed by atoms with Crippen LogP contribution in [0.3, 0.4) is 0 Å². The quantitative estimate of drug-likeness (QED) is 0.632. The van der Waals surface area contributed by atoms with E-state index in [1.165, 1.54) is 38.5 Å². The van der Waals surface area contributed by atoms with Gasteiger partial charge in [0, 0.05) is 26.2 Å². The third kappa shape index (κ3) is 2.49. The standard InChI is InChI=1S/C15H26N2OS/c1-17(14(19)16-3-4-18-2)15-8-11-5-12(9-15)7-13(6-11)10-15/h11-13H,3-10H2,1-2H3,(H,16,19). The molecule has 0 aromatic rings. The van der Waals surface area contributed by atoms with Gasteiger partial charge in [0.2, 0.25) is 0 Å². The van der Waals surface area contributed by atoms with Crippen LogP contribution in [0.2, 0.25) is 0 Å². The minimum atomic E-state index is 0.367. The van der Waals surface area contributed by atoms with Crippen molar-refractivity contribution in [3.05, 3.63) is 0 Å². The average Bonchev–Trinajstić information content (AvgIpc) is 2.36.